The lowest BCUT2D eigenvalue weighted by Crippen LogP contribution is -2.35. The zero-order valence-corrected chi connectivity index (χ0v) is 18.4. The second-order valence-electron chi connectivity index (χ2n) is 8.98. The van der Waals surface area contributed by atoms with Crippen molar-refractivity contribution >= 4 is 26.7 Å². The molecule has 1 atom stereocenters. The third kappa shape index (κ3) is 4.24. The number of carbonyl (C=O) groups is 1. The zero-order valence-electron chi connectivity index (χ0n) is 17.5. The molecule has 2 aliphatic rings. The average Bonchev–Trinajstić information content (AvgIpc) is 2.98. The fourth-order valence-corrected chi connectivity index (χ4v) is 5.95. The molecule has 1 N–H and O–H groups in total. The van der Waals surface area contributed by atoms with Crippen LogP contribution in [0.3, 0.4) is 0 Å². The summed E-state index contributed by atoms with van der Waals surface area (Å²) in [6.07, 6.45) is 2.59. The summed E-state index contributed by atoms with van der Waals surface area (Å²) < 4.78 is 34.7. The van der Waals surface area contributed by atoms with Gasteiger partial charge in [-0.05, 0) is 63.6 Å². The number of amides is 1. The number of hydrogen-bond donors (Lipinski definition) is 1. The van der Waals surface area contributed by atoms with Gasteiger partial charge >= 0.3 is 5.63 Å². The number of hydrogen-bond acceptors (Lipinski definition) is 6. The largest absolute Gasteiger partial charge is 0.487 e. The number of carbonyl (C=O) groups excluding carboxylic acids is 1. The molecule has 4 rings (SSSR count). The summed E-state index contributed by atoms with van der Waals surface area (Å²) in [7, 11) is -3.05. The lowest BCUT2D eigenvalue weighted by molar-refractivity contribution is -0.121. The van der Waals surface area contributed by atoms with Crippen LogP contribution in [0.2, 0.25) is 0 Å². The van der Waals surface area contributed by atoms with Crippen molar-refractivity contribution in [2.45, 2.75) is 64.5 Å². The highest BCUT2D eigenvalue weighted by molar-refractivity contribution is 7.91. The Morgan fingerprint density at radius 1 is 1.30 bits per heavy atom. The topological polar surface area (TPSA) is 103 Å². The van der Waals surface area contributed by atoms with Crippen molar-refractivity contribution in [2.75, 3.05) is 11.5 Å². The second-order valence-corrected chi connectivity index (χ2v) is 11.2. The summed E-state index contributed by atoms with van der Waals surface area (Å²) >= 11 is 0. The molecule has 0 spiro atoms. The normalized spacial score (nSPS) is 21.8. The first-order valence-electron chi connectivity index (χ1n) is 10.3. The molecule has 30 heavy (non-hydrogen) atoms. The van der Waals surface area contributed by atoms with E-state index >= 15 is 0 Å². The van der Waals surface area contributed by atoms with E-state index in [4.69, 9.17) is 9.15 Å². The molecule has 0 aliphatic carbocycles. The van der Waals surface area contributed by atoms with Gasteiger partial charge in [-0.2, -0.15) is 0 Å². The Balaban J connectivity index is 1.53. The van der Waals surface area contributed by atoms with Crippen LogP contribution < -0.4 is 15.7 Å². The number of aryl methyl sites for hydroxylation is 2. The second kappa shape index (κ2) is 7.41. The van der Waals surface area contributed by atoms with E-state index in [0.29, 0.717) is 17.6 Å². The first-order valence-corrected chi connectivity index (χ1v) is 12.1. The van der Waals surface area contributed by atoms with Crippen LogP contribution in [-0.4, -0.2) is 37.5 Å². The molecule has 1 amide bonds. The van der Waals surface area contributed by atoms with Gasteiger partial charge in [0.2, 0.25) is 5.91 Å². The van der Waals surface area contributed by atoms with Gasteiger partial charge in [-0.15, -0.1) is 0 Å². The Labute approximate surface area is 175 Å². The molecule has 0 unspecified atom stereocenters. The Morgan fingerprint density at radius 2 is 2.07 bits per heavy atom. The molecule has 0 radical (unpaired) electrons. The molecule has 162 valence electrons. The Hall–Kier alpha value is -2.35. The van der Waals surface area contributed by atoms with E-state index in [2.05, 4.69) is 5.32 Å². The van der Waals surface area contributed by atoms with Crippen LogP contribution in [0.25, 0.3) is 11.0 Å². The summed E-state index contributed by atoms with van der Waals surface area (Å²) in [4.78, 5) is 24.8. The van der Waals surface area contributed by atoms with Gasteiger partial charge in [0.25, 0.3) is 0 Å². The van der Waals surface area contributed by atoms with E-state index in [9.17, 15) is 18.0 Å². The van der Waals surface area contributed by atoms with Crippen LogP contribution >= 0.6 is 0 Å². The molecular weight excluding hydrogens is 406 g/mol. The van der Waals surface area contributed by atoms with Crippen molar-refractivity contribution in [3.05, 3.63) is 39.2 Å². The van der Waals surface area contributed by atoms with E-state index < -0.39 is 15.5 Å². The van der Waals surface area contributed by atoms with Crippen molar-refractivity contribution in [3.63, 3.8) is 0 Å². The third-order valence-electron chi connectivity index (χ3n) is 6.05. The number of benzene rings is 1. The van der Waals surface area contributed by atoms with Gasteiger partial charge in [0.05, 0.1) is 11.5 Å². The summed E-state index contributed by atoms with van der Waals surface area (Å²) in [6, 6.07) is 3.47. The number of rotatable bonds is 4. The maximum absolute atomic E-state index is 12.6. The minimum atomic E-state index is -3.05. The monoisotopic (exact) mass is 433 g/mol. The van der Waals surface area contributed by atoms with Crippen LogP contribution in [0, 0.1) is 6.92 Å². The summed E-state index contributed by atoms with van der Waals surface area (Å²) in [5, 5.41) is 3.62. The highest BCUT2D eigenvalue weighted by Gasteiger charge is 2.29. The molecule has 1 fully saturated rings. The van der Waals surface area contributed by atoms with Gasteiger partial charge in [0.15, 0.2) is 9.84 Å². The molecular formula is C22H27NO6S. The Bertz CT molecular complexity index is 1180. The minimum Gasteiger partial charge on any atom is -0.487 e. The van der Waals surface area contributed by atoms with Crippen molar-refractivity contribution in [1.82, 2.24) is 5.32 Å². The first-order chi connectivity index (χ1) is 14.0. The number of fused-ring (bicyclic) bond motifs is 2. The van der Waals surface area contributed by atoms with Gasteiger partial charge < -0.3 is 14.5 Å². The summed E-state index contributed by atoms with van der Waals surface area (Å²) in [5.74, 6) is 0.591. The van der Waals surface area contributed by atoms with Crippen LogP contribution in [0.15, 0.2) is 21.3 Å². The summed E-state index contributed by atoms with van der Waals surface area (Å²) in [5.41, 5.74) is 2.16. The molecule has 2 aromatic rings. The summed E-state index contributed by atoms with van der Waals surface area (Å²) in [6.45, 7) is 5.95. The lowest BCUT2D eigenvalue weighted by atomic mass is 9.92. The van der Waals surface area contributed by atoms with Crippen LogP contribution in [0.5, 0.6) is 5.75 Å². The van der Waals surface area contributed by atoms with Gasteiger partial charge in [-0.25, -0.2) is 13.2 Å². The van der Waals surface area contributed by atoms with E-state index in [1.54, 1.807) is 6.07 Å². The fourth-order valence-electron chi connectivity index (χ4n) is 4.27. The van der Waals surface area contributed by atoms with E-state index in [-0.39, 0.29) is 41.9 Å². The lowest BCUT2D eigenvalue weighted by Gasteiger charge is -2.32. The van der Waals surface area contributed by atoms with Crippen molar-refractivity contribution < 1.29 is 22.4 Å². The smallest absolute Gasteiger partial charge is 0.339 e. The zero-order chi connectivity index (χ0) is 21.7. The molecule has 7 nitrogen and oxygen atoms in total. The van der Waals surface area contributed by atoms with E-state index in [1.165, 1.54) is 0 Å². The SMILES string of the molecule is Cc1c(CCC(=O)N[C@H]2CCS(=O)(=O)C2)c(=O)oc2cc3c(cc12)CCC(C)(C)O3. The maximum atomic E-state index is 12.6. The van der Waals surface area contributed by atoms with Crippen LogP contribution in [0.4, 0.5) is 0 Å². The van der Waals surface area contributed by atoms with Crippen molar-refractivity contribution in [1.29, 1.82) is 0 Å². The van der Waals surface area contributed by atoms with Gasteiger partial charge in [0, 0.05) is 29.5 Å². The molecule has 2 aliphatic heterocycles. The van der Waals surface area contributed by atoms with Crippen molar-refractivity contribution in [3.8, 4) is 5.75 Å². The number of ether oxygens (including phenoxy) is 1. The van der Waals surface area contributed by atoms with Gasteiger partial charge in [-0.1, -0.05) is 0 Å². The standard InChI is InChI=1S/C22H27NO6S/c1-13-16(4-5-20(24)23-15-7-9-30(26,27)12-15)21(25)28-19-11-18-14(10-17(13)19)6-8-22(2,3)29-18/h10-11,15H,4-9,12H2,1-3H3,(H,23,24)/t15-/m0/s1. The van der Waals surface area contributed by atoms with Gasteiger partial charge in [0.1, 0.15) is 16.9 Å². The van der Waals surface area contributed by atoms with E-state index in [0.717, 1.165) is 35.1 Å². The fraction of sp³-hybridized carbons (Fsp3) is 0.545. The first kappa shape index (κ1) is 20.9. The predicted molar refractivity (Wildman–Crippen MR) is 114 cm³/mol. The molecule has 8 heteroatoms. The molecule has 1 aromatic heterocycles. The molecule has 1 saturated heterocycles. The maximum Gasteiger partial charge on any atom is 0.339 e. The molecule has 3 heterocycles. The third-order valence-corrected chi connectivity index (χ3v) is 7.82. The minimum absolute atomic E-state index is 0.0140. The van der Waals surface area contributed by atoms with E-state index in [1.807, 2.05) is 26.8 Å². The molecule has 0 bridgehead atoms. The molecule has 1 aromatic carbocycles. The number of sulfone groups is 1. The Kier molecular flexibility index (Phi) is 5.16. The highest BCUT2D eigenvalue weighted by Crippen LogP contribution is 2.36. The van der Waals surface area contributed by atoms with Crippen LogP contribution in [-0.2, 0) is 27.5 Å². The predicted octanol–water partition coefficient (Wildman–Crippen LogP) is 2.44. The molecule has 0 saturated carbocycles. The highest BCUT2D eigenvalue weighted by atomic mass is 32.2. The van der Waals surface area contributed by atoms with Gasteiger partial charge in [-0.3, -0.25) is 4.79 Å². The quantitative estimate of drug-likeness (QED) is 0.743. The average molecular weight is 434 g/mol. The van der Waals surface area contributed by atoms with Crippen LogP contribution in [0.1, 0.15) is 49.8 Å². The van der Waals surface area contributed by atoms with Crippen molar-refractivity contribution in [2.24, 2.45) is 0 Å². The number of nitrogens with one attached hydrogen (secondary N) is 1. The Morgan fingerprint density at radius 3 is 2.77 bits per heavy atom.